The summed E-state index contributed by atoms with van der Waals surface area (Å²) in [5.41, 5.74) is 1.83. The predicted octanol–water partition coefficient (Wildman–Crippen LogP) is 4.49. The zero-order valence-corrected chi connectivity index (χ0v) is 15.0. The van der Waals surface area contributed by atoms with E-state index in [4.69, 9.17) is 0 Å². The van der Waals surface area contributed by atoms with E-state index in [-0.39, 0.29) is 0 Å². The van der Waals surface area contributed by atoms with Crippen molar-refractivity contribution in [1.29, 1.82) is 0 Å². The lowest BCUT2D eigenvalue weighted by molar-refractivity contribution is 1.10. The van der Waals surface area contributed by atoms with Gasteiger partial charge in [-0.15, -0.1) is 0 Å². The highest BCUT2D eigenvalue weighted by atomic mass is 127. The van der Waals surface area contributed by atoms with Crippen molar-refractivity contribution in [1.82, 2.24) is 15.0 Å². The van der Waals surface area contributed by atoms with E-state index in [1.165, 1.54) is 0 Å². The Bertz CT molecular complexity index is 807. The Morgan fingerprint density at radius 1 is 1.24 bits per heavy atom. The zero-order chi connectivity index (χ0) is 14.8. The maximum Gasteiger partial charge on any atom is 0.163 e. The molecule has 0 fully saturated rings. The van der Waals surface area contributed by atoms with E-state index in [9.17, 15) is 0 Å². The fourth-order valence-electron chi connectivity index (χ4n) is 2.11. The Morgan fingerprint density at radius 2 is 2.10 bits per heavy atom. The van der Waals surface area contributed by atoms with Crippen LogP contribution in [-0.2, 0) is 0 Å². The van der Waals surface area contributed by atoms with Crippen LogP contribution in [0.15, 0.2) is 41.1 Å². The summed E-state index contributed by atoms with van der Waals surface area (Å²) in [5.74, 6) is 1.54. The third kappa shape index (κ3) is 2.87. The number of anilines is 1. The fourth-order valence-corrected chi connectivity index (χ4v) is 3.01. The number of benzene rings is 1. The van der Waals surface area contributed by atoms with Gasteiger partial charge >= 0.3 is 0 Å². The molecule has 0 aliphatic heterocycles. The van der Waals surface area contributed by atoms with Crippen LogP contribution < -0.4 is 5.32 Å². The van der Waals surface area contributed by atoms with Crippen LogP contribution in [0.5, 0.6) is 0 Å². The Kier molecular flexibility index (Phi) is 4.34. The van der Waals surface area contributed by atoms with Crippen molar-refractivity contribution >= 4 is 55.2 Å². The molecule has 3 rings (SSSR count). The van der Waals surface area contributed by atoms with Crippen LogP contribution in [0.1, 0.15) is 6.92 Å². The minimum atomic E-state index is 0.683. The summed E-state index contributed by atoms with van der Waals surface area (Å²) in [6, 6.07) is 7.97. The number of hydrogen-bond donors (Lipinski definition) is 1. The van der Waals surface area contributed by atoms with E-state index >= 15 is 0 Å². The number of aromatic nitrogens is 3. The molecule has 1 aromatic carbocycles. The number of rotatable bonds is 3. The van der Waals surface area contributed by atoms with Gasteiger partial charge in [0.1, 0.15) is 5.82 Å². The molecule has 2 aromatic heterocycles. The first kappa shape index (κ1) is 14.6. The van der Waals surface area contributed by atoms with E-state index in [2.05, 4.69) is 65.7 Å². The highest BCUT2D eigenvalue weighted by Gasteiger charge is 2.12. The Balaban J connectivity index is 2.21. The summed E-state index contributed by atoms with van der Waals surface area (Å²) in [6.45, 7) is 2.88. The van der Waals surface area contributed by atoms with Gasteiger partial charge in [0.2, 0.25) is 0 Å². The smallest absolute Gasteiger partial charge is 0.163 e. The van der Waals surface area contributed by atoms with E-state index in [0.29, 0.717) is 5.82 Å². The average molecular weight is 455 g/mol. The van der Waals surface area contributed by atoms with Crippen LogP contribution in [0.25, 0.3) is 22.3 Å². The molecule has 0 radical (unpaired) electrons. The van der Waals surface area contributed by atoms with Crippen LogP contribution >= 0.6 is 38.5 Å². The van der Waals surface area contributed by atoms with Crippen molar-refractivity contribution < 1.29 is 0 Å². The second-order valence-electron chi connectivity index (χ2n) is 4.41. The molecule has 0 unspecified atom stereocenters. The highest BCUT2D eigenvalue weighted by Crippen LogP contribution is 2.31. The molecule has 0 amide bonds. The average Bonchev–Trinajstić information content (AvgIpc) is 2.51. The van der Waals surface area contributed by atoms with Crippen molar-refractivity contribution in [3.63, 3.8) is 0 Å². The molecule has 6 heteroatoms. The number of pyridine rings is 1. The van der Waals surface area contributed by atoms with Gasteiger partial charge in [-0.25, -0.2) is 9.97 Å². The van der Waals surface area contributed by atoms with Crippen LogP contribution in [-0.4, -0.2) is 21.5 Å². The van der Waals surface area contributed by atoms with Gasteiger partial charge in [-0.1, -0.05) is 22.0 Å². The standard InChI is InChI=1S/C15H12BrIN4/c1-2-18-15-12(17)8-20-14(21-15)10-5-6-11(16)9-4-3-7-19-13(9)10/h3-8H,2H2,1H3,(H,18,20,21). The predicted molar refractivity (Wildman–Crippen MR) is 97.3 cm³/mol. The van der Waals surface area contributed by atoms with Crippen molar-refractivity contribution in [2.45, 2.75) is 6.92 Å². The molecule has 106 valence electrons. The minimum Gasteiger partial charge on any atom is -0.369 e. The molecule has 0 aliphatic rings. The van der Waals surface area contributed by atoms with E-state index in [1.807, 2.05) is 30.5 Å². The van der Waals surface area contributed by atoms with Gasteiger partial charge in [0.05, 0.1) is 9.09 Å². The Morgan fingerprint density at radius 3 is 2.90 bits per heavy atom. The van der Waals surface area contributed by atoms with E-state index in [1.54, 1.807) is 6.20 Å². The molecule has 2 heterocycles. The second kappa shape index (κ2) is 6.23. The molecule has 0 bridgehead atoms. The molecule has 0 atom stereocenters. The van der Waals surface area contributed by atoms with Crippen molar-refractivity contribution in [2.24, 2.45) is 0 Å². The van der Waals surface area contributed by atoms with E-state index < -0.39 is 0 Å². The van der Waals surface area contributed by atoms with Gasteiger partial charge < -0.3 is 5.32 Å². The second-order valence-corrected chi connectivity index (χ2v) is 6.43. The van der Waals surface area contributed by atoms with Gasteiger partial charge in [-0.2, -0.15) is 0 Å². The minimum absolute atomic E-state index is 0.683. The van der Waals surface area contributed by atoms with E-state index in [0.717, 1.165) is 36.9 Å². The molecule has 0 saturated carbocycles. The maximum atomic E-state index is 4.63. The molecule has 3 aromatic rings. The molecule has 21 heavy (non-hydrogen) atoms. The van der Waals surface area contributed by atoms with Gasteiger partial charge in [0.25, 0.3) is 0 Å². The first-order chi connectivity index (χ1) is 10.2. The molecule has 4 nitrogen and oxygen atoms in total. The number of halogens is 2. The summed E-state index contributed by atoms with van der Waals surface area (Å²) < 4.78 is 2.03. The maximum absolute atomic E-state index is 4.63. The van der Waals surface area contributed by atoms with Crippen LogP contribution in [0.3, 0.4) is 0 Å². The zero-order valence-electron chi connectivity index (χ0n) is 11.3. The monoisotopic (exact) mass is 454 g/mol. The summed E-state index contributed by atoms with van der Waals surface area (Å²) in [7, 11) is 0. The third-order valence-electron chi connectivity index (χ3n) is 3.05. The summed E-state index contributed by atoms with van der Waals surface area (Å²) in [5, 5.41) is 4.31. The highest BCUT2D eigenvalue weighted by molar-refractivity contribution is 14.1. The Hall–Kier alpha value is -1.28. The fraction of sp³-hybridized carbons (Fsp3) is 0.133. The topological polar surface area (TPSA) is 50.7 Å². The molecular formula is C15H12BrIN4. The summed E-state index contributed by atoms with van der Waals surface area (Å²) in [4.78, 5) is 13.6. The molecule has 0 spiro atoms. The quantitative estimate of drug-likeness (QED) is 0.592. The largest absolute Gasteiger partial charge is 0.369 e. The first-order valence-corrected chi connectivity index (χ1v) is 8.38. The van der Waals surface area contributed by atoms with Crippen LogP contribution in [0, 0.1) is 3.57 Å². The first-order valence-electron chi connectivity index (χ1n) is 6.50. The van der Waals surface area contributed by atoms with Gasteiger partial charge in [-0.05, 0) is 47.7 Å². The lowest BCUT2D eigenvalue weighted by Crippen LogP contribution is -2.04. The van der Waals surface area contributed by atoms with Crippen LogP contribution in [0.4, 0.5) is 5.82 Å². The molecular weight excluding hydrogens is 443 g/mol. The van der Waals surface area contributed by atoms with Crippen molar-refractivity contribution in [3.05, 3.63) is 44.7 Å². The normalized spacial score (nSPS) is 10.8. The molecule has 1 N–H and O–H groups in total. The number of nitrogens with zero attached hydrogens (tertiary/aromatic N) is 3. The molecule has 0 saturated heterocycles. The summed E-state index contributed by atoms with van der Waals surface area (Å²) >= 11 is 5.79. The van der Waals surface area contributed by atoms with Gasteiger partial charge in [0, 0.05) is 34.4 Å². The summed E-state index contributed by atoms with van der Waals surface area (Å²) in [6.07, 6.45) is 3.62. The van der Waals surface area contributed by atoms with Crippen molar-refractivity contribution in [3.8, 4) is 11.4 Å². The van der Waals surface area contributed by atoms with Gasteiger partial charge in [0.15, 0.2) is 5.82 Å². The third-order valence-corrected chi connectivity index (χ3v) is 4.53. The number of nitrogens with one attached hydrogen (secondary N) is 1. The lowest BCUT2D eigenvalue weighted by Gasteiger charge is -2.09. The van der Waals surface area contributed by atoms with Crippen molar-refractivity contribution in [2.75, 3.05) is 11.9 Å². The van der Waals surface area contributed by atoms with Gasteiger partial charge in [-0.3, -0.25) is 4.98 Å². The SMILES string of the molecule is CCNc1nc(-c2ccc(Br)c3cccnc23)ncc1I. The Labute approximate surface area is 144 Å². The van der Waals surface area contributed by atoms with Crippen LogP contribution in [0.2, 0.25) is 0 Å². The lowest BCUT2D eigenvalue weighted by atomic mass is 10.1. The number of hydrogen-bond acceptors (Lipinski definition) is 4. The molecule has 0 aliphatic carbocycles. The number of fused-ring (bicyclic) bond motifs is 1.